The Morgan fingerprint density at radius 1 is 1.00 bits per heavy atom. The molecule has 6 nitrogen and oxygen atoms in total. The number of benzene rings is 2. The standard InChI is InChI=1S/C24H32N2O4S/c1-20-7-12-24(22-5-3-2-4-6-22)31(27,28)26(20)19-21-8-10-23(11-9-21)30-18-15-25-13-16-29-17-14-25/h2-6,8-11,20,24H,7,12-19H2,1H3/t20-,24?/m0/s1. The zero-order chi connectivity index (χ0) is 21.7. The zero-order valence-electron chi connectivity index (χ0n) is 18.2. The van der Waals surface area contributed by atoms with Crippen LogP contribution in [0.25, 0.3) is 0 Å². The van der Waals surface area contributed by atoms with E-state index in [1.165, 1.54) is 0 Å². The summed E-state index contributed by atoms with van der Waals surface area (Å²) in [6, 6.07) is 17.4. The summed E-state index contributed by atoms with van der Waals surface area (Å²) in [5.74, 6) is 0.814. The normalized spacial score (nSPS) is 24.7. The van der Waals surface area contributed by atoms with Gasteiger partial charge in [-0.15, -0.1) is 0 Å². The molecular weight excluding hydrogens is 412 g/mol. The van der Waals surface area contributed by atoms with Crippen molar-refractivity contribution < 1.29 is 17.9 Å². The third-order valence-electron chi connectivity index (χ3n) is 6.24. The lowest BCUT2D eigenvalue weighted by Crippen LogP contribution is -2.44. The van der Waals surface area contributed by atoms with E-state index in [1.54, 1.807) is 4.31 Å². The average molecular weight is 445 g/mol. The lowest BCUT2D eigenvalue weighted by atomic mass is 10.0. The third-order valence-corrected chi connectivity index (χ3v) is 8.61. The molecule has 0 saturated carbocycles. The molecule has 0 aromatic heterocycles. The van der Waals surface area contributed by atoms with Gasteiger partial charge >= 0.3 is 0 Å². The number of sulfonamides is 1. The molecule has 2 aromatic carbocycles. The molecule has 2 aliphatic heterocycles. The fourth-order valence-corrected chi connectivity index (χ4v) is 6.54. The highest BCUT2D eigenvalue weighted by atomic mass is 32.2. The first kappa shape index (κ1) is 22.3. The molecule has 2 fully saturated rings. The summed E-state index contributed by atoms with van der Waals surface area (Å²) < 4.78 is 39.7. The van der Waals surface area contributed by atoms with E-state index in [2.05, 4.69) is 4.90 Å². The minimum absolute atomic E-state index is 0.00517. The SMILES string of the molecule is C[C@H]1CCC(c2ccccc2)S(=O)(=O)N1Cc1ccc(OCCN2CCOCC2)cc1. The summed E-state index contributed by atoms with van der Waals surface area (Å²) in [6.07, 6.45) is 1.53. The molecular formula is C24H32N2O4S. The van der Waals surface area contributed by atoms with Crippen molar-refractivity contribution in [3.05, 3.63) is 65.7 Å². The van der Waals surface area contributed by atoms with Crippen LogP contribution in [0.2, 0.25) is 0 Å². The lowest BCUT2D eigenvalue weighted by Gasteiger charge is -2.37. The van der Waals surface area contributed by atoms with E-state index in [0.717, 1.165) is 56.1 Å². The van der Waals surface area contributed by atoms with E-state index < -0.39 is 15.3 Å². The Morgan fingerprint density at radius 2 is 1.71 bits per heavy atom. The molecule has 0 amide bonds. The summed E-state index contributed by atoms with van der Waals surface area (Å²) in [6.45, 7) is 7.40. The molecule has 0 radical (unpaired) electrons. The van der Waals surface area contributed by atoms with Crippen LogP contribution in [-0.4, -0.2) is 63.1 Å². The summed E-state index contributed by atoms with van der Waals surface area (Å²) >= 11 is 0. The summed E-state index contributed by atoms with van der Waals surface area (Å²) in [7, 11) is -3.42. The number of rotatable bonds is 7. The minimum Gasteiger partial charge on any atom is -0.492 e. The van der Waals surface area contributed by atoms with Crippen molar-refractivity contribution in [3.8, 4) is 5.75 Å². The fraction of sp³-hybridized carbons (Fsp3) is 0.500. The second kappa shape index (κ2) is 10.1. The van der Waals surface area contributed by atoms with Crippen molar-refractivity contribution >= 4 is 10.0 Å². The van der Waals surface area contributed by atoms with Crippen LogP contribution in [-0.2, 0) is 21.3 Å². The van der Waals surface area contributed by atoms with Crippen LogP contribution in [0.5, 0.6) is 5.75 Å². The van der Waals surface area contributed by atoms with E-state index in [4.69, 9.17) is 9.47 Å². The Morgan fingerprint density at radius 3 is 2.42 bits per heavy atom. The van der Waals surface area contributed by atoms with Gasteiger partial charge in [0, 0.05) is 32.2 Å². The first-order chi connectivity index (χ1) is 15.0. The molecule has 2 atom stereocenters. The van der Waals surface area contributed by atoms with Crippen molar-refractivity contribution in [2.24, 2.45) is 0 Å². The predicted octanol–water partition coefficient (Wildman–Crippen LogP) is 3.45. The smallest absolute Gasteiger partial charge is 0.221 e. The van der Waals surface area contributed by atoms with Gasteiger partial charge in [0.25, 0.3) is 0 Å². The molecule has 2 heterocycles. The highest BCUT2D eigenvalue weighted by Crippen LogP contribution is 2.38. The maximum absolute atomic E-state index is 13.4. The number of hydrogen-bond donors (Lipinski definition) is 0. The molecule has 2 aliphatic rings. The molecule has 168 valence electrons. The number of nitrogens with zero attached hydrogens (tertiary/aromatic N) is 2. The van der Waals surface area contributed by atoms with E-state index in [1.807, 2.05) is 61.5 Å². The Balaban J connectivity index is 1.37. The molecule has 7 heteroatoms. The minimum atomic E-state index is -3.42. The van der Waals surface area contributed by atoms with Gasteiger partial charge in [0.15, 0.2) is 0 Å². The first-order valence-electron chi connectivity index (χ1n) is 11.1. The maximum Gasteiger partial charge on any atom is 0.221 e. The van der Waals surface area contributed by atoms with Gasteiger partial charge in [-0.2, -0.15) is 4.31 Å². The van der Waals surface area contributed by atoms with E-state index in [9.17, 15) is 8.42 Å². The number of hydrogen-bond acceptors (Lipinski definition) is 5. The molecule has 0 spiro atoms. The van der Waals surface area contributed by atoms with Crippen LogP contribution in [0.15, 0.2) is 54.6 Å². The van der Waals surface area contributed by atoms with Crippen LogP contribution < -0.4 is 4.74 Å². The average Bonchev–Trinajstić information content (AvgIpc) is 2.79. The second-order valence-corrected chi connectivity index (χ2v) is 10.4. The van der Waals surface area contributed by atoms with Crippen molar-refractivity contribution in [1.82, 2.24) is 9.21 Å². The van der Waals surface area contributed by atoms with Gasteiger partial charge in [0.1, 0.15) is 17.6 Å². The van der Waals surface area contributed by atoms with Crippen molar-refractivity contribution in [2.45, 2.75) is 37.6 Å². The topological polar surface area (TPSA) is 59.1 Å². The maximum atomic E-state index is 13.4. The summed E-state index contributed by atoms with van der Waals surface area (Å²) in [5, 5.41) is -0.465. The molecule has 2 aromatic rings. The van der Waals surface area contributed by atoms with Crippen LogP contribution in [0, 0.1) is 0 Å². The van der Waals surface area contributed by atoms with Gasteiger partial charge in [0.2, 0.25) is 10.0 Å². The van der Waals surface area contributed by atoms with Crippen molar-refractivity contribution in [3.63, 3.8) is 0 Å². The van der Waals surface area contributed by atoms with Crippen LogP contribution in [0.4, 0.5) is 0 Å². The monoisotopic (exact) mass is 444 g/mol. The molecule has 0 N–H and O–H groups in total. The quantitative estimate of drug-likeness (QED) is 0.655. The first-order valence-corrected chi connectivity index (χ1v) is 12.6. The number of morpholine rings is 1. The molecule has 31 heavy (non-hydrogen) atoms. The van der Waals surface area contributed by atoms with E-state index >= 15 is 0 Å². The zero-order valence-corrected chi connectivity index (χ0v) is 19.0. The largest absolute Gasteiger partial charge is 0.492 e. The van der Waals surface area contributed by atoms with Gasteiger partial charge in [-0.25, -0.2) is 8.42 Å². The van der Waals surface area contributed by atoms with Gasteiger partial charge < -0.3 is 9.47 Å². The van der Waals surface area contributed by atoms with E-state index in [-0.39, 0.29) is 6.04 Å². The van der Waals surface area contributed by atoms with Gasteiger partial charge in [-0.3, -0.25) is 4.90 Å². The Hall–Kier alpha value is -1.93. The second-order valence-electron chi connectivity index (χ2n) is 8.36. The summed E-state index contributed by atoms with van der Waals surface area (Å²) in [4.78, 5) is 2.34. The predicted molar refractivity (Wildman–Crippen MR) is 122 cm³/mol. The fourth-order valence-electron chi connectivity index (χ4n) is 4.34. The molecule has 0 bridgehead atoms. The van der Waals surface area contributed by atoms with Gasteiger partial charge in [-0.05, 0) is 43.0 Å². The van der Waals surface area contributed by atoms with E-state index in [0.29, 0.717) is 19.6 Å². The lowest BCUT2D eigenvalue weighted by molar-refractivity contribution is 0.0322. The van der Waals surface area contributed by atoms with Crippen molar-refractivity contribution in [1.29, 1.82) is 0 Å². The third kappa shape index (κ3) is 5.47. The van der Waals surface area contributed by atoms with Crippen LogP contribution in [0.1, 0.15) is 36.1 Å². The Labute approximate surface area is 185 Å². The van der Waals surface area contributed by atoms with Crippen LogP contribution in [0.3, 0.4) is 0 Å². The molecule has 0 aliphatic carbocycles. The molecule has 1 unspecified atom stereocenters. The Bertz CT molecular complexity index is 928. The van der Waals surface area contributed by atoms with Crippen LogP contribution >= 0.6 is 0 Å². The number of ether oxygens (including phenoxy) is 2. The van der Waals surface area contributed by atoms with Crippen molar-refractivity contribution in [2.75, 3.05) is 39.5 Å². The molecule has 4 rings (SSSR count). The van der Waals surface area contributed by atoms with Gasteiger partial charge in [-0.1, -0.05) is 42.5 Å². The van der Waals surface area contributed by atoms with Gasteiger partial charge in [0.05, 0.1) is 13.2 Å². The summed E-state index contributed by atoms with van der Waals surface area (Å²) in [5.41, 5.74) is 1.85. The highest BCUT2D eigenvalue weighted by Gasteiger charge is 2.40. The molecule has 2 saturated heterocycles. The Kier molecular flexibility index (Phi) is 7.27. The highest BCUT2D eigenvalue weighted by molar-refractivity contribution is 7.89.